The molecule has 2 aromatic rings. The number of rotatable bonds is 8. The fraction of sp³-hybridized carbons (Fsp3) is 0.533. The van der Waals surface area contributed by atoms with Crippen molar-refractivity contribution in [3.8, 4) is 11.5 Å². The van der Waals surface area contributed by atoms with Crippen LogP contribution >= 0.6 is 0 Å². The molecule has 0 bridgehead atoms. The van der Waals surface area contributed by atoms with Gasteiger partial charge in [-0.05, 0) is 72.4 Å². The van der Waals surface area contributed by atoms with Crippen LogP contribution in [0.5, 0.6) is 11.5 Å². The number of carboxylic acid groups (broad SMARTS) is 1. The van der Waals surface area contributed by atoms with Gasteiger partial charge in [0.15, 0.2) is 6.10 Å². The first kappa shape index (κ1) is 27.6. The van der Waals surface area contributed by atoms with Crippen molar-refractivity contribution < 1.29 is 24.2 Å². The summed E-state index contributed by atoms with van der Waals surface area (Å²) in [5, 5.41) is 12.7. The third-order valence-corrected chi connectivity index (χ3v) is 6.98. The lowest BCUT2D eigenvalue weighted by molar-refractivity contribution is -0.145. The molecular weight excluding hydrogens is 454 g/mol. The standard InChI is InChI=1S/C30H41NO5/c1-10-23(29(33)34)36-24-13-20(11-12-21(24)16(2)3)22-15-35-28-18(5)17(4)27(19(6)26(22)28)31-25(32)14-30(7,8)9/h11-13,16,22-23H,10,14-15H2,1-9H3,(H,31,32)(H,33,34). The summed E-state index contributed by atoms with van der Waals surface area (Å²) in [6, 6.07) is 6.08. The second kappa shape index (κ2) is 10.5. The first-order chi connectivity index (χ1) is 16.7. The molecular formula is C30H41NO5. The second-order valence-electron chi connectivity index (χ2n) is 11.4. The summed E-state index contributed by atoms with van der Waals surface area (Å²) in [5.74, 6) is 0.640. The Hall–Kier alpha value is -3.02. The number of amides is 1. The number of carbonyl (C=O) groups excluding carboxylic acids is 1. The fourth-order valence-corrected chi connectivity index (χ4v) is 4.93. The molecule has 0 aromatic heterocycles. The van der Waals surface area contributed by atoms with E-state index in [4.69, 9.17) is 9.47 Å². The molecule has 1 heterocycles. The zero-order valence-electron chi connectivity index (χ0n) is 23.2. The number of hydrogen-bond acceptors (Lipinski definition) is 4. The first-order valence-electron chi connectivity index (χ1n) is 12.8. The average Bonchev–Trinajstić information content (AvgIpc) is 3.22. The molecule has 1 aliphatic rings. The molecule has 1 aliphatic heterocycles. The minimum atomic E-state index is -0.968. The largest absolute Gasteiger partial charge is 0.492 e. The Labute approximate surface area is 215 Å². The van der Waals surface area contributed by atoms with Crippen LogP contribution in [0.15, 0.2) is 18.2 Å². The van der Waals surface area contributed by atoms with Gasteiger partial charge in [0.05, 0.1) is 6.61 Å². The number of carboxylic acids is 1. The lowest BCUT2D eigenvalue weighted by Gasteiger charge is -2.23. The maximum atomic E-state index is 12.8. The number of carbonyl (C=O) groups is 2. The lowest BCUT2D eigenvalue weighted by atomic mass is 9.85. The quantitative estimate of drug-likeness (QED) is 0.417. The maximum absolute atomic E-state index is 12.8. The summed E-state index contributed by atoms with van der Waals surface area (Å²) in [7, 11) is 0. The van der Waals surface area contributed by atoms with Crippen LogP contribution in [0.2, 0.25) is 0 Å². The van der Waals surface area contributed by atoms with E-state index in [1.807, 2.05) is 39.8 Å². The summed E-state index contributed by atoms with van der Waals surface area (Å²) in [4.78, 5) is 24.5. The van der Waals surface area contributed by atoms with Crippen molar-refractivity contribution in [1.82, 2.24) is 0 Å². The van der Waals surface area contributed by atoms with Crippen LogP contribution in [0, 0.1) is 26.2 Å². The van der Waals surface area contributed by atoms with Crippen molar-refractivity contribution >= 4 is 17.6 Å². The molecule has 3 rings (SSSR count). The number of anilines is 1. The lowest BCUT2D eigenvalue weighted by Crippen LogP contribution is -2.26. The average molecular weight is 496 g/mol. The number of hydrogen-bond donors (Lipinski definition) is 2. The summed E-state index contributed by atoms with van der Waals surface area (Å²) < 4.78 is 12.2. The van der Waals surface area contributed by atoms with Gasteiger partial charge < -0.3 is 19.9 Å². The molecule has 196 valence electrons. The predicted octanol–water partition coefficient (Wildman–Crippen LogP) is 6.88. The summed E-state index contributed by atoms with van der Waals surface area (Å²) in [6.45, 7) is 18.7. The van der Waals surface area contributed by atoms with E-state index in [1.54, 1.807) is 0 Å². The van der Waals surface area contributed by atoms with Gasteiger partial charge in [-0.15, -0.1) is 0 Å². The van der Waals surface area contributed by atoms with E-state index >= 15 is 0 Å². The van der Waals surface area contributed by atoms with Crippen molar-refractivity contribution in [2.45, 2.75) is 93.1 Å². The number of benzene rings is 2. The molecule has 0 saturated heterocycles. The Bertz CT molecular complexity index is 1160. The fourth-order valence-electron chi connectivity index (χ4n) is 4.93. The molecule has 2 N–H and O–H groups in total. The van der Waals surface area contributed by atoms with Crippen molar-refractivity contribution in [2.24, 2.45) is 5.41 Å². The van der Waals surface area contributed by atoms with E-state index < -0.39 is 12.1 Å². The molecule has 2 aromatic carbocycles. The number of ether oxygens (including phenoxy) is 2. The molecule has 0 saturated carbocycles. The highest BCUT2D eigenvalue weighted by Crippen LogP contribution is 2.47. The normalized spacial score (nSPS) is 15.9. The van der Waals surface area contributed by atoms with E-state index in [1.165, 1.54) is 0 Å². The maximum Gasteiger partial charge on any atom is 0.344 e. The van der Waals surface area contributed by atoms with Crippen LogP contribution < -0.4 is 14.8 Å². The third kappa shape index (κ3) is 5.69. The van der Waals surface area contributed by atoms with Gasteiger partial charge in [-0.1, -0.05) is 53.7 Å². The first-order valence-corrected chi connectivity index (χ1v) is 12.8. The van der Waals surface area contributed by atoms with Gasteiger partial charge >= 0.3 is 5.97 Å². The molecule has 0 spiro atoms. The minimum Gasteiger partial charge on any atom is -0.492 e. The topological polar surface area (TPSA) is 84.9 Å². The highest BCUT2D eigenvalue weighted by molar-refractivity contribution is 5.93. The summed E-state index contributed by atoms with van der Waals surface area (Å²) in [6.07, 6.45) is -0.0931. The van der Waals surface area contributed by atoms with Gasteiger partial charge in [-0.25, -0.2) is 4.79 Å². The zero-order chi connectivity index (χ0) is 26.9. The summed E-state index contributed by atoms with van der Waals surface area (Å²) >= 11 is 0. The van der Waals surface area contributed by atoms with Gasteiger partial charge in [0.2, 0.25) is 5.91 Å². The zero-order valence-corrected chi connectivity index (χ0v) is 23.2. The van der Waals surface area contributed by atoms with E-state index in [0.717, 1.165) is 44.8 Å². The van der Waals surface area contributed by atoms with Crippen LogP contribution in [-0.4, -0.2) is 29.7 Å². The van der Waals surface area contributed by atoms with Crippen molar-refractivity contribution in [2.75, 3.05) is 11.9 Å². The monoisotopic (exact) mass is 495 g/mol. The molecule has 36 heavy (non-hydrogen) atoms. The molecule has 1 amide bonds. The highest BCUT2D eigenvalue weighted by Gasteiger charge is 2.33. The van der Waals surface area contributed by atoms with Gasteiger partial charge in [-0.2, -0.15) is 0 Å². The van der Waals surface area contributed by atoms with Crippen LogP contribution in [-0.2, 0) is 9.59 Å². The number of nitrogens with one attached hydrogen (secondary N) is 1. The van der Waals surface area contributed by atoms with Crippen molar-refractivity contribution in [3.05, 3.63) is 51.6 Å². The molecule has 0 radical (unpaired) electrons. The number of aliphatic carboxylic acids is 1. The molecule has 2 unspecified atom stereocenters. The smallest absolute Gasteiger partial charge is 0.344 e. The Kier molecular flexibility index (Phi) is 8.07. The van der Waals surface area contributed by atoms with Crippen LogP contribution in [0.4, 0.5) is 5.69 Å². The van der Waals surface area contributed by atoms with Crippen molar-refractivity contribution in [1.29, 1.82) is 0 Å². The van der Waals surface area contributed by atoms with E-state index in [2.05, 4.69) is 46.0 Å². The molecule has 6 nitrogen and oxygen atoms in total. The Morgan fingerprint density at radius 3 is 2.36 bits per heavy atom. The van der Waals surface area contributed by atoms with Gasteiger partial charge in [-0.3, -0.25) is 4.79 Å². The van der Waals surface area contributed by atoms with E-state index in [0.29, 0.717) is 25.2 Å². The van der Waals surface area contributed by atoms with Gasteiger partial charge in [0.1, 0.15) is 11.5 Å². The molecule has 6 heteroatoms. The Morgan fingerprint density at radius 2 is 1.81 bits per heavy atom. The van der Waals surface area contributed by atoms with Crippen LogP contribution in [0.25, 0.3) is 0 Å². The highest BCUT2D eigenvalue weighted by atomic mass is 16.5. The number of fused-ring (bicyclic) bond motifs is 1. The Balaban J connectivity index is 2.07. The van der Waals surface area contributed by atoms with E-state index in [-0.39, 0.29) is 23.2 Å². The Morgan fingerprint density at radius 1 is 1.14 bits per heavy atom. The SMILES string of the molecule is CCC(Oc1cc(C2COc3c(C)c(C)c(NC(=O)CC(C)(C)C)c(C)c32)ccc1C(C)C)C(=O)O. The third-order valence-electron chi connectivity index (χ3n) is 6.98. The summed E-state index contributed by atoms with van der Waals surface area (Å²) in [5.41, 5.74) is 6.84. The van der Waals surface area contributed by atoms with Gasteiger partial charge in [0, 0.05) is 23.6 Å². The molecule has 0 aliphatic carbocycles. The minimum absolute atomic E-state index is 0.000217. The van der Waals surface area contributed by atoms with Crippen molar-refractivity contribution in [3.63, 3.8) is 0 Å². The second-order valence-corrected chi connectivity index (χ2v) is 11.4. The van der Waals surface area contributed by atoms with Crippen LogP contribution in [0.1, 0.15) is 99.6 Å². The van der Waals surface area contributed by atoms with Crippen LogP contribution in [0.3, 0.4) is 0 Å². The molecule has 0 fully saturated rings. The van der Waals surface area contributed by atoms with Gasteiger partial charge in [0.25, 0.3) is 0 Å². The molecule has 2 atom stereocenters. The predicted molar refractivity (Wildman–Crippen MR) is 144 cm³/mol. The van der Waals surface area contributed by atoms with E-state index in [9.17, 15) is 14.7 Å².